The predicted molar refractivity (Wildman–Crippen MR) is 493 cm³/mol. The van der Waals surface area contributed by atoms with E-state index in [4.69, 9.17) is 39.3 Å². The predicted octanol–water partition coefficient (Wildman–Crippen LogP) is 27.3. The van der Waals surface area contributed by atoms with Crippen molar-refractivity contribution in [1.29, 1.82) is 0 Å². The van der Waals surface area contributed by atoms with Crippen LogP contribution in [0.3, 0.4) is 0 Å². The zero-order valence-corrected chi connectivity index (χ0v) is 64.2. The highest BCUT2D eigenvalue weighted by molar-refractivity contribution is 6.35. The topological polar surface area (TPSA) is 131 Å². The smallest absolute Gasteiger partial charge is 0.307 e. The second-order valence-electron chi connectivity index (χ2n) is 30.9. The van der Waals surface area contributed by atoms with E-state index in [1.165, 1.54) is 124 Å². The summed E-state index contributed by atoms with van der Waals surface area (Å²) in [5.74, 6) is 3.78. The SMILES string of the molecule is c1cc2ccc3cc4c5ccccc5n(-c5nc6ccccc6o5)c4c4ccc(c1)c2c34.c1ccc(-c2nc(-c3ccccc3)nc(-n3c4ccccc4c4cc5ccc6cc(-c7ccccn7)cc7ccc(c5c67)c43)n2)cc1.c1ccc(-c2nc(-c3ccccc3)nc(-n3c4ccccc4c4cc5ccc6cccc7ccc(c5c67)c43)n2)cc1. The van der Waals surface area contributed by atoms with E-state index in [0.29, 0.717) is 41.2 Å². The van der Waals surface area contributed by atoms with Gasteiger partial charge in [-0.25, -0.2) is 9.97 Å². The van der Waals surface area contributed by atoms with E-state index in [1.807, 2.05) is 164 Å². The van der Waals surface area contributed by atoms with Gasteiger partial charge in [0.1, 0.15) is 5.52 Å². The van der Waals surface area contributed by atoms with Crippen molar-refractivity contribution in [2.75, 3.05) is 0 Å². The van der Waals surface area contributed by atoms with E-state index in [1.54, 1.807) is 0 Å². The maximum atomic E-state index is 6.27. The summed E-state index contributed by atoms with van der Waals surface area (Å²) in [6.07, 6.45) is 1.85. The molecule has 20 aromatic carbocycles. The van der Waals surface area contributed by atoms with Gasteiger partial charge in [0.05, 0.1) is 38.8 Å². The van der Waals surface area contributed by atoms with Gasteiger partial charge < -0.3 is 4.42 Å². The summed E-state index contributed by atoms with van der Waals surface area (Å²) >= 11 is 0. The number of hydrogen-bond donors (Lipinski definition) is 0. The average Bonchev–Trinajstić information content (AvgIpc) is 1.58. The normalized spacial score (nSPS) is 12.0. The summed E-state index contributed by atoms with van der Waals surface area (Å²) in [6.45, 7) is 0. The molecular formula is C108H63N11O. The van der Waals surface area contributed by atoms with Crippen molar-refractivity contribution in [3.05, 3.63) is 382 Å². The van der Waals surface area contributed by atoms with Crippen molar-refractivity contribution >= 4 is 173 Å². The molecule has 0 spiro atoms. The molecule has 0 atom stereocenters. The number of hydrogen-bond acceptors (Lipinski definition) is 9. The van der Waals surface area contributed by atoms with Crippen molar-refractivity contribution in [1.82, 2.24) is 53.6 Å². The van der Waals surface area contributed by atoms with Crippen LogP contribution in [0.1, 0.15) is 0 Å². The average molecular weight is 1530 g/mol. The van der Waals surface area contributed by atoms with Gasteiger partial charge in [-0.1, -0.05) is 303 Å². The summed E-state index contributed by atoms with van der Waals surface area (Å²) in [5.41, 5.74) is 14.1. The Bertz CT molecular complexity index is 8590. The van der Waals surface area contributed by atoms with Gasteiger partial charge in [0, 0.05) is 82.5 Å². The first-order valence-electron chi connectivity index (χ1n) is 40.4. The Morgan fingerprint density at radius 3 is 0.950 bits per heavy atom. The van der Waals surface area contributed by atoms with Crippen molar-refractivity contribution in [2.45, 2.75) is 0 Å². The van der Waals surface area contributed by atoms with Crippen LogP contribution in [-0.2, 0) is 0 Å². The highest BCUT2D eigenvalue weighted by Gasteiger charge is 2.27. The quantitative estimate of drug-likeness (QED) is 0.136. The summed E-state index contributed by atoms with van der Waals surface area (Å²) in [6, 6.07) is 132. The first-order chi connectivity index (χ1) is 59.5. The third-order valence-electron chi connectivity index (χ3n) is 24.1. The zero-order chi connectivity index (χ0) is 78.6. The Hall–Kier alpha value is -16.4. The van der Waals surface area contributed by atoms with E-state index >= 15 is 0 Å². The molecule has 0 aliphatic carbocycles. The monoisotopic (exact) mass is 1530 g/mol. The maximum Gasteiger partial charge on any atom is 0.307 e. The van der Waals surface area contributed by atoms with Crippen LogP contribution in [0.4, 0.5) is 0 Å². The molecule has 0 saturated carbocycles. The molecule has 0 saturated heterocycles. The van der Waals surface area contributed by atoms with Crippen LogP contribution < -0.4 is 0 Å². The fraction of sp³-hybridized carbons (Fsp3) is 0. The van der Waals surface area contributed by atoms with Gasteiger partial charge in [-0.2, -0.15) is 24.9 Å². The van der Waals surface area contributed by atoms with Crippen LogP contribution in [-0.4, -0.2) is 53.6 Å². The molecule has 12 nitrogen and oxygen atoms in total. The van der Waals surface area contributed by atoms with Crippen LogP contribution in [0.2, 0.25) is 0 Å². The maximum absolute atomic E-state index is 6.27. The minimum Gasteiger partial charge on any atom is -0.423 e. The second-order valence-corrected chi connectivity index (χ2v) is 30.9. The molecule has 556 valence electrons. The third kappa shape index (κ3) is 10.4. The van der Waals surface area contributed by atoms with Gasteiger partial charge in [0.2, 0.25) is 11.9 Å². The lowest BCUT2D eigenvalue weighted by molar-refractivity contribution is 0.574. The van der Waals surface area contributed by atoms with Crippen molar-refractivity contribution in [3.63, 3.8) is 0 Å². The molecule has 7 heterocycles. The fourth-order valence-electron chi connectivity index (χ4n) is 18.9. The standard InChI is InChI=1S/C42H25N5.C37H22N4.C29H16N2O/c1-3-11-26(12-4-1)40-44-41(27-13-5-2-6-14-27)46-42(45-40)47-36-17-8-7-15-32(36)34-25-30-19-18-28-23-31(35-16-9-10-22-43-35)24-29-20-21-33(39(34)47)38(30)37(28)29;1-3-10-25(11-4-1)35-38-36(26-12-5-2-6-13-26)40-37(39-35)41-31-17-8-7-16-28(31)30-22-27-19-18-23-14-9-15-24-20-21-29(34(30)41)33(27)32(23)24;1-3-10-24-20(8-1)22-16-19-13-12-17-6-5-7-18-14-15-21(27(19)26(17)18)28(22)31(24)29-30-23-9-2-4-11-25(23)32-29/h1-25H;1-22H;1-16H. The van der Waals surface area contributed by atoms with Crippen LogP contribution in [0.15, 0.2) is 387 Å². The number of pyridine rings is 1. The number of para-hydroxylation sites is 5. The number of nitrogens with zero attached hydrogens (tertiary/aromatic N) is 11. The highest BCUT2D eigenvalue weighted by atomic mass is 16.4. The van der Waals surface area contributed by atoms with Gasteiger partial charge in [0.25, 0.3) is 0 Å². The summed E-state index contributed by atoms with van der Waals surface area (Å²) in [5, 5.41) is 29.5. The number of fused-ring (bicyclic) bond motifs is 13. The minimum atomic E-state index is 0.594. The summed E-state index contributed by atoms with van der Waals surface area (Å²) in [4.78, 5) is 40.0. The molecule has 0 unspecified atom stereocenters. The van der Waals surface area contributed by atoms with E-state index in [2.05, 4.69) is 237 Å². The molecule has 0 bridgehead atoms. The highest BCUT2D eigenvalue weighted by Crippen LogP contribution is 2.48. The molecular weight excluding hydrogens is 1470 g/mol. The number of rotatable bonds is 8. The van der Waals surface area contributed by atoms with Crippen molar-refractivity contribution < 1.29 is 4.42 Å². The first-order valence-corrected chi connectivity index (χ1v) is 40.4. The van der Waals surface area contributed by atoms with Crippen LogP contribution in [0, 0.1) is 0 Å². The molecule has 27 rings (SSSR count). The Morgan fingerprint density at radius 2 is 0.542 bits per heavy atom. The molecule has 0 radical (unpaired) electrons. The molecule has 0 fully saturated rings. The summed E-state index contributed by atoms with van der Waals surface area (Å²) < 4.78 is 12.9. The van der Waals surface area contributed by atoms with Crippen molar-refractivity contribution in [2.24, 2.45) is 0 Å². The van der Waals surface area contributed by atoms with E-state index in [-0.39, 0.29) is 0 Å². The Labute approximate surface area is 684 Å². The third-order valence-corrected chi connectivity index (χ3v) is 24.1. The van der Waals surface area contributed by atoms with Gasteiger partial charge in [-0.05, 0) is 154 Å². The van der Waals surface area contributed by atoms with Crippen molar-refractivity contribution in [3.8, 4) is 74.7 Å². The molecule has 0 N–H and O–H groups in total. The van der Waals surface area contributed by atoms with E-state index in [9.17, 15) is 0 Å². The van der Waals surface area contributed by atoms with E-state index < -0.39 is 0 Å². The van der Waals surface area contributed by atoms with Crippen LogP contribution >= 0.6 is 0 Å². The van der Waals surface area contributed by atoms with Gasteiger partial charge in [-0.15, -0.1) is 0 Å². The lowest BCUT2D eigenvalue weighted by atomic mass is 9.91. The number of oxazole rings is 1. The molecule has 0 aliphatic rings. The Kier molecular flexibility index (Phi) is 14.8. The summed E-state index contributed by atoms with van der Waals surface area (Å²) in [7, 11) is 0. The Balaban J connectivity index is 0.000000101. The number of benzene rings is 20. The lowest BCUT2D eigenvalue weighted by Gasteiger charge is -2.15. The number of aromatic nitrogens is 11. The second kappa shape index (κ2) is 26.6. The molecule has 120 heavy (non-hydrogen) atoms. The fourth-order valence-corrected chi connectivity index (χ4v) is 18.9. The molecule has 27 aromatic rings. The minimum absolute atomic E-state index is 0.594. The molecule has 7 aromatic heterocycles. The van der Waals surface area contributed by atoms with Gasteiger partial charge >= 0.3 is 6.01 Å². The van der Waals surface area contributed by atoms with E-state index in [0.717, 1.165) is 83.1 Å². The molecule has 0 amide bonds. The van der Waals surface area contributed by atoms with Gasteiger partial charge in [-0.3, -0.25) is 18.7 Å². The van der Waals surface area contributed by atoms with Gasteiger partial charge in [0.15, 0.2) is 28.9 Å². The molecule has 12 heteroatoms. The first kappa shape index (κ1) is 66.9. The molecule has 0 aliphatic heterocycles. The largest absolute Gasteiger partial charge is 0.423 e. The Morgan fingerprint density at radius 1 is 0.208 bits per heavy atom. The van der Waals surface area contributed by atoms with Crippen LogP contribution in [0.5, 0.6) is 0 Å². The van der Waals surface area contributed by atoms with Crippen LogP contribution in [0.25, 0.3) is 248 Å². The zero-order valence-electron chi connectivity index (χ0n) is 64.2. The lowest BCUT2D eigenvalue weighted by Crippen LogP contribution is -2.06.